The van der Waals surface area contributed by atoms with Gasteiger partial charge in [-0.3, -0.25) is 19.5 Å². The summed E-state index contributed by atoms with van der Waals surface area (Å²) >= 11 is 0. The highest BCUT2D eigenvalue weighted by Crippen LogP contribution is 2.13. The van der Waals surface area contributed by atoms with Crippen LogP contribution in [0.3, 0.4) is 0 Å². The minimum Gasteiger partial charge on any atom is -0.350 e. The van der Waals surface area contributed by atoms with Gasteiger partial charge in [-0.25, -0.2) is 4.68 Å². The molecule has 0 saturated heterocycles. The lowest BCUT2D eigenvalue weighted by Gasteiger charge is -2.15. The number of aromatic amines is 1. The largest absolute Gasteiger partial charge is 0.350 e. The number of carbonyl (C=O) groups excluding carboxylic acids is 1. The Morgan fingerprint density at radius 1 is 1.08 bits per heavy atom. The first-order chi connectivity index (χ1) is 12.5. The third-order valence-electron chi connectivity index (χ3n) is 4.40. The molecule has 0 spiro atoms. The maximum Gasteiger partial charge on any atom is 0.273 e. The summed E-state index contributed by atoms with van der Waals surface area (Å²) in [5, 5.41) is 6.15. The Morgan fingerprint density at radius 3 is 2.42 bits per heavy atom. The monoisotopic (exact) mass is 351 g/mol. The van der Waals surface area contributed by atoms with Crippen LogP contribution < -0.4 is 16.4 Å². The average Bonchev–Trinajstić information content (AvgIpc) is 2.64. The molecule has 1 unspecified atom stereocenters. The van der Waals surface area contributed by atoms with Gasteiger partial charge in [0.1, 0.15) is 0 Å². The molecule has 6 nitrogen and oxygen atoms in total. The van der Waals surface area contributed by atoms with Crippen LogP contribution in [0.15, 0.2) is 58.1 Å². The first-order valence-electron chi connectivity index (χ1n) is 8.53. The van der Waals surface area contributed by atoms with Crippen molar-refractivity contribution in [3.05, 3.63) is 80.4 Å². The van der Waals surface area contributed by atoms with Crippen LogP contribution in [0.2, 0.25) is 0 Å². The van der Waals surface area contributed by atoms with E-state index in [2.05, 4.69) is 10.4 Å². The van der Waals surface area contributed by atoms with Crippen molar-refractivity contribution in [3.8, 4) is 0 Å². The molecule has 0 aliphatic carbocycles. The Hall–Kier alpha value is -3.15. The van der Waals surface area contributed by atoms with Crippen molar-refractivity contribution in [2.24, 2.45) is 0 Å². The molecule has 1 amide bonds. The maximum atomic E-state index is 12.4. The van der Waals surface area contributed by atoms with Gasteiger partial charge in [-0.05, 0) is 31.5 Å². The standard InChI is InChI=1S/C20H21N3O3/c1-13-7-9-15(10-8-13)14(2)21-18(24)11-12-23-20(26)17-6-4-3-5-16(17)19(25)22-23/h3-10,14H,11-12H2,1-2H3,(H,21,24)(H,22,25). The predicted octanol–water partition coefficient (Wildman–Crippen LogP) is 2.27. The fraction of sp³-hybridized carbons (Fsp3) is 0.250. The van der Waals surface area contributed by atoms with Crippen molar-refractivity contribution >= 4 is 16.7 Å². The zero-order valence-electron chi connectivity index (χ0n) is 14.8. The third-order valence-corrected chi connectivity index (χ3v) is 4.40. The van der Waals surface area contributed by atoms with Crippen molar-refractivity contribution in [2.75, 3.05) is 0 Å². The van der Waals surface area contributed by atoms with Crippen LogP contribution in [0.4, 0.5) is 0 Å². The van der Waals surface area contributed by atoms with E-state index in [9.17, 15) is 14.4 Å². The van der Waals surface area contributed by atoms with Gasteiger partial charge in [0.2, 0.25) is 5.91 Å². The third kappa shape index (κ3) is 3.74. The zero-order valence-corrected chi connectivity index (χ0v) is 14.8. The van der Waals surface area contributed by atoms with Crippen LogP contribution in [-0.4, -0.2) is 15.7 Å². The molecule has 134 valence electrons. The van der Waals surface area contributed by atoms with Crippen molar-refractivity contribution < 1.29 is 4.79 Å². The summed E-state index contributed by atoms with van der Waals surface area (Å²) in [6, 6.07) is 14.5. The average molecular weight is 351 g/mol. The van der Waals surface area contributed by atoms with E-state index < -0.39 is 0 Å². The van der Waals surface area contributed by atoms with Gasteiger partial charge in [0.25, 0.3) is 11.1 Å². The number of aromatic nitrogens is 2. The number of fused-ring (bicyclic) bond motifs is 1. The Balaban J connectivity index is 1.69. The smallest absolute Gasteiger partial charge is 0.273 e. The number of rotatable bonds is 5. The van der Waals surface area contributed by atoms with Crippen LogP contribution in [0.1, 0.15) is 30.5 Å². The number of hydrogen-bond donors (Lipinski definition) is 2. The Bertz CT molecular complexity index is 1050. The highest BCUT2D eigenvalue weighted by molar-refractivity contribution is 5.80. The predicted molar refractivity (Wildman–Crippen MR) is 101 cm³/mol. The van der Waals surface area contributed by atoms with Crippen LogP contribution in [0.5, 0.6) is 0 Å². The highest BCUT2D eigenvalue weighted by Gasteiger charge is 2.11. The summed E-state index contributed by atoms with van der Waals surface area (Å²) in [6.45, 7) is 4.03. The van der Waals surface area contributed by atoms with Gasteiger partial charge in [-0.15, -0.1) is 0 Å². The molecule has 3 rings (SSSR count). The van der Waals surface area contributed by atoms with Gasteiger partial charge in [0, 0.05) is 6.42 Å². The number of aryl methyl sites for hydroxylation is 2. The van der Waals surface area contributed by atoms with E-state index in [1.807, 2.05) is 38.1 Å². The lowest BCUT2D eigenvalue weighted by Crippen LogP contribution is -2.33. The fourth-order valence-electron chi connectivity index (χ4n) is 2.87. The summed E-state index contributed by atoms with van der Waals surface area (Å²) in [7, 11) is 0. The molecule has 26 heavy (non-hydrogen) atoms. The van der Waals surface area contributed by atoms with Crippen molar-refractivity contribution in [3.63, 3.8) is 0 Å². The van der Waals surface area contributed by atoms with E-state index in [-0.39, 0.29) is 36.0 Å². The fourth-order valence-corrected chi connectivity index (χ4v) is 2.87. The number of amides is 1. The summed E-state index contributed by atoms with van der Waals surface area (Å²) < 4.78 is 1.20. The number of carbonyl (C=O) groups is 1. The topological polar surface area (TPSA) is 84.0 Å². The minimum atomic E-state index is -0.339. The van der Waals surface area contributed by atoms with E-state index in [1.54, 1.807) is 24.3 Å². The molecule has 6 heteroatoms. The molecule has 0 bridgehead atoms. The molecule has 3 aromatic rings. The SMILES string of the molecule is Cc1ccc(C(C)NC(=O)CCn2[nH]c(=O)c3ccccc3c2=O)cc1. The molecule has 2 N–H and O–H groups in total. The molecule has 0 fully saturated rings. The van der Waals surface area contributed by atoms with Crippen molar-refractivity contribution in [1.82, 2.24) is 15.1 Å². The van der Waals surface area contributed by atoms with Gasteiger partial charge in [0.05, 0.1) is 23.4 Å². The van der Waals surface area contributed by atoms with E-state index in [4.69, 9.17) is 0 Å². The second-order valence-electron chi connectivity index (χ2n) is 6.39. The van der Waals surface area contributed by atoms with E-state index in [0.29, 0.717) is 10.8 Å². The number of nitrogens with zero attached hydrogens (tertiary/aromatic N) is 1. The lowest BCUT2D eigenvalue weighted by molar-refractivity contribution is -0.122. The molecule has 0 saturated carbocycles. The van der Waals surface area contributed by atoms with Gasteiger partial charge in [-0.1, -0.05) is 42.0 Å². The van der Waals surface area contributed by atoms with Gasteiger partial charge in [0.15, 0.2) is 0 Å². The normalized spacial score (nSPS) is 12.1. The number of hydrogen-bond acceptors (Lipinski definition) is 3. The number of nitrogens with one attached hydrogen (secondary N) is 2. The van der Waals surface area contributed by atoms with E-state index in [0.717, 1.165) is 11.1 Å². The van der Waals surface area contributed by atoms with Crippen LogP contribution in [-0.2, 0) is 11.3 Å². The maximum absolute atomic E-state index is 12.4. The Morgan fingerprint density at radius 2 is 1.73 bits per heavy atom. The number of benzene rings is 2. The van der Waals surface area contributed by atoms with Crippen molar-refractivity contribution in [2.45, 2.75) is 32.9 Å². The second-order valence-corrected chi connectivity index (χ2v) is 6.39. The van der Waals surface area contributed by atoms with Crippen molar-refractivity contribution in [1.29, 1.82) is 0 Å². The molecule has 2 aromatic carbocycles. The zero-order chi connectivity index (χ0) is 18.7. The van der Waals surface area contributed by atoms with Crippen LogP contribution in [0.25, 0.3) is 10.8 Å². The van der Waals surface area contributed by atoms with E-state index in [1.165, 1.54) is 4.68 Å². The molecular formula is C20H21N3O3. The molecule has 1 atom stereocenters. The summed E-state index contributed by atoms with van der Waals surface area (Å²) in [5.74, 6) is -0.181. The molecule has 0 aliphatic heterocycles. The second kappa shape index (κ2) is 7.39. The molecular weight excluding hydrogens is 330 g/mol. The van der Waals surface area contributed by atoms with Gasteiger partial charge in [-0.2, -0.15) is 0 Å². The lowest BCUT2D eigenvalue weighted by atomic mass is 10.1. The first-order valence-corrected chi connectivity index (χ1v) is 8.53. The first kappa shape index (κ1) is 17.7. The minimum absolute atomic E-state index is 0.102. The van der Waals surface area contributed by atoms with Crippen LogP contribution >= 0.6 is 0 Å². The van der Waals surface area contributed by atoms with Gasteiger partial charge >= 0.3 is 0 Å². The number of H-pyrrole nitrogens is 1. The summed E-state index contributed by atoms with van der Waals surface area (Å²) in [5.41, 5.74) is 1.53. The molecule has 0 aliphatic rings. The Labute approximate surface area is 150 Å². The summed E-state index contributed by atoms with van der Waals surface area (Å²) in [6.07, 6.45) is 0.102. The molecule has 1 heterocycles. The molecule has 0 radical (unpaired) electrons. The van der Waals surface area contributed by atoms with E-state index >= 15 is 0 Å². The molecule has 1 aromatic heterocycles. The van der Waals surface area contributed by atoms with Crippen LogP contribution in [0, 0.1) is 6.92 Å². The summed E-state index contributed by atoms with van der Waals surface area (Å²) in [4.78, 5) is 36.7. The van der Waals surface area contributed by atoms with Gasteiger partial charge < -0.3 is 5.32 Å². The quantitative estimate of drug-likeness (QED) is 0.739. The highest BCUT2D eigenvalue weighted by atomic mass is 16.2. The Kier molecular flexibility index (Phi) is 5.02.